The molecule has 1 aliphatic heterocycles. The monoisotopic (exact) mass is 242 g/mol. The van der Waals surface area contributed by atoms with Crippen LogP contribution in [0, 0.1) is 10.1 Å². The Hall–Kier alpha value is -1.76. The van der Waals surface area contributed by atoms with Crippen LogP contribution in [0.15, 0.2) is 12.4 Å². The third kappa shape index (κ3) is 1.94. The summed E-state index contributed by atoms with van der Waals surface area (Å²) >= 11 is 5.81. The average molecular weight is 243 g/mol. The van der Waals surface area contributed by atoms with Crippen LogP contribution in [0.5, 0.6) is 0 Å². The Kier molecular flexibility index (Phi) is 2.69. The van der Waals surface area contributed by atoms with Gasteiger partial charge in [-0.1, -0.05) is 0 Å². The van der Waals surface area contributed by atoms with Crippen molar-refractivity contribution in [1.29, 1.82) is 0 Å². The van der Waals surface area contributed by atoms with Crippen LogP contribution in [0.4, 0.5) is 11.6 Å². The molecule has 1 saturated heterocycles. The number of alkyl halides is 1. The lowest BCUT2D eigenvalue weighted by Gasteiger charge is -2.11. The molecule has 0 spiro atoms. The van der Waals surface area contributed by atoms with E-state index in [0.29, 0.717) is 6.54 Å². The summed E-state index contributed by atoms with van der Waals surface area (Å²) in [6.45, 7) is 0.332. The molecule has 16 heavy (non-hydrogen) atoms. The summed E-state index contributed by atoms with van der Waals surface area (Å²) in [5, 5.41) is 10.1. The van der Waals surface area contributed by atoms with Gasteiger partial charge >= 0.3 is 5.69 Å². The van der Waals surface area contributed by atoms with E-state index in [4.69, 9.17) is 11.6 Å². The Balaban J connectivity index is 2.22. The number of carbonyl (C=O) groups excluding carboxylic acids is 1. The van der Waals surface area contributed by atoms with Gasteiger partial charge in [0.15, 0.2) is 0 Å². The third-order valence-electron chi connectivity index (χ3n) is 2.15. The fourth-order valence-electron chi connectivity index (χ4n) is 1.41. The molecule has 7 nitrogen and oxygen atoms in total. The van der Waals surface area contributed by atoms with Crippen LogP contribution < -0.4 is 4.90 Å². The molecular formula is C8H7ClN4O3. The number of carbonyl (C=O) groups is 1. The topological polar surface area (TPSA) is 89.2 Å². The first-order valence-electron chi connectivity index (χ1n) is 4.49. The smallest absolute Gasteiger partial charge is 0.279 e. The number of amides is 1. The van der Waals surface area contributed by atoms with Gasteiger partial charge in [0, 0.05) is 13.0 Å². The van der Waals surface area contributed by atoms with E-state index < -0.39 is 4.92 Å². The zero-order valence-corrected chi connectivity index (χ0v) is 8.79. The molecule has 1 fully saturated rings. The summed E-state index contributed by atoms with van der Waals surface area (Å²) in [4.78, 5) is 30.0. The van der Waals surface area contributed by atoms with Gasteiger partial charge in [-0.25, -0.2) is 9.97 Å². The van der Waals surface area contributed by atoms with Crippen LogP contribution in [-0.2, 0) is 4.79 Å². The van der Waals surface area contributed by atoms with E-state index in [2.05, 4.69) is 9.97 Å². The molecule has 1 aromatic heterocycles. The SMILES string of the molecule is O=C1CC(Cl)CN1c1ncc([N+](=O)[O-])cn1. The second-order valence-corrected chi connectivity index (χ2v) is 3.92. The normalized spacial score (nSPS) is 20.2. The predicted octanol–water partition coefficient (Wildman–Crippen LogP) is 0.729. The Morgan fingerprint density at radius 2 is 2.12 bits per heavy atom. The Labute approximate surface area is 95.2 Å². The number of anilines is 1. The van der Waals surface area contributed by atoms with E-state index in [9.17, 15) is 14.9 Å². The molecule has 84 valence electrons. The summed E-state index contributed by atoms with van der Waals surface area (Å²) in [5.41, 5.74) is -0.210. The fraction of sp³-hybridized carbons (Fsp3) is 0.375. The van der Waals surface area contributed by atoms with Gasteiger partial charge < -0.3 is 0 Å². The first-order valence-corrected chi connectivity index (χ1v) is 4.92. The lowest BCUT2D eigenvalue weighted by molar-refractivity contribution is -0.385. The average Bonchev–Trinajstić information content (AvgIpc) is 2.58. The van der Waals surface area contributed by atoms with Crippen molar-refractivity contribution in [3.05, 3.63) is 22.5 Å². The van der Waals surface area contributed by atoms with Crippen LogP contribution in [0.25, 0.3) is 0 Å². The predicted molar refractivity (Wildman–Crippen MR) is 55.3 cm³/mol. The molecule has 1 unspecified atom stereocenters. The van der Waals surface area contributed by atoms with Gasteiger partial charge in [0.2, 0.25) is 11.9 Å². The summed E-state index contributed by atoms with van der Waals surface area (Å²) in [6, 6.07) is 0. The van der Waals surface area contributed by atoms with E-state index in [1.807, 2.05) is 0 Å². The van der Waals surface area contributed by atoms with Gasteiger partial charge in [-0.05, 0) is 0 Å². The van der Waals surface area contributed by atoms with Gasteiger partial charge in [-0.15, -0.1) is 11.6 Å². The van der Waals surface area contributed by atoms with Crippen LogP contribution in [0.1, 0.15) is 6.42 Å². The van der Waals surface area contributed by atoms with Gasteiger partial charge in [-0.2, -0.15) is 0 Å². The van der Waals surface area contributed by atoms with E-state index in [1.165, 1.54) is 4.90 Å². The van der Waals surface area contributed by atoms with Crippen molar-refractivity contribution in [1.82, 2.24) is 9.97 Å². The molecule has 0 saturated carbocycles. The lowest BCUT2D eigenvalue weighted by atomic mass is 10.4. The number of hydrogen-bond acceptors (Lipinski definition) is 5. The molecule has 0 N–H and O–H groups in total. The minimum absolute atomic E-state index is 0.152. The van der Waals surface area contributed by atoms with Gasteiger partial charge in [0.25, 0.3) is 0 Å². The third-order valence-corrected chi connectivity index (χ3v) is 2.45. The van der Waals surface area contributed by atoms with Gasteiger partial charge in [0.1, 0.15) is 12.4 Å². The number of halogens is 1. The second-order valence-electron chi connectivity index (χ2n) is 3.30. The Morgan fingerprint density at radius 1 is 1.50 bits per heavy atom. The lowest BCUT2D eigenvalue weighted by Crippen LogP contribution is -2.26. The van der Waals surface area contributed by atoms with Crippen molar-refractivity contribution in [2.24, 2.45) is 0 Å². The summed E-state index contributed by atoms with van der Waals surface area (Å²) in [5.74, 6) is -0.0207. The molecule has 1 aliphatic rings. The minimum Gasteiger partial charge on any atom is -0.279 e. The zero-order chi connectivity index (χ0) is 11.7. The first kappa shape index (κ1) is 10.7. The Bertz CT molecular complexity index is 435. The number of aromatic nitrogens is 2. The van der Waals surface area contributed by atoms with Gasteiger partial charge in [-0.3, -0.25) is 19.8 Å². The molecule has 0 radical (unpaired) electrons. The second kappa shape index (κ2) is 4.01. The van der Waals surface area contributed by atoms with Crippen molar-refractivity contribution in [2.45, 2.75) is 11.8 Å². The molecule has 0 aliphatic carbocycles. The van der Waals surface area contributed by atoms with Crippen molar-refractivity contribution in [3.8, 4) is 0 Å². The summed E-state index contributed by atoms with van der Waals surface area (Å²) < 4.78 is 0. The van der Waals surface area contributed by atoms with Gasteiger partial charge in [0.05, 0.1) is 10.3 Å². The van der Waals surface area contributed by atoms with Crippen molar-refractivity contribution >= 4 is 29.1 Å². The first-order chi connectivity index (χ1) is 7.58. The summed E-state index contributed by atoms with van der Waals surface area (Å²) in [6.07, 6.45) is 2.37. The summed E-state index contributed by atoms with van der Waals surface area (Å²) in [7, 11) is 0. The zero-order valence-electron chi connectivity index (χ0n) is 8.04. The maximum atomic E-state index is 11.4. The highest BCUT2D eigenvalue weighted by Crippen LogP contribution is 2.21. The maximum Gasteiger partial charge on any atom is 0.305 e. The molecule has 1 atom stereocenters. The molecule has 2 rings (SSSR count). The van der Waals surface area contributed by atoms with E-state index >= 15 is 0 Å². The van der Waals surface area contributed by atoms with Crippen molar-refractivity contribution in [3.63, 3.8) is 0 Å². The number of rotatable bonds is 2. The van der Waals surface area contributed by atoms with E-state index in [-0.39, 0.29) is 29.3 Å². The van der Waals surface area contributed by atoms with Crippen molar-refractivity contribution < 1.29 is 9.72 Å². The largest absolute Gasteiger partial charge is 0.305 e. The molecule has 1 aromatic rings. The maximum absolute atomic E-state index is 11.4. The Morgan fingerprint density at radius 3 is 2.56 bits per heavy atom. The fourth-order valence-corrected chi connectivity index (χ4v) is 1.68. The van der Waals surface area contributed by atoms with Crippen LogP contribution >= 0.6 is 11.6 Å². The molecule has 8 heteroatoms. The molecular weight excluding hydrogens is 236 g/mol. The standard InChI is InChI=1S/C8H7ClN4O3/c9-5-1-7(14)12(4-5)8-10-2-6(3-11-8)13(15)16/h2-3,5H,1,4H2. The minimum atomic E-state index is -0.597. The number of nitro groups is 1. The quantitative estimate of drug-likeness (QED) is 0.433. The van der Waals surface area contributed by atoms with Crippen LogP contribution in [0.2, 0.25) is 0 Å². The number of hydrogen-bond donors (Lipinski definition) is 0. The molecule has 1 amide bonds. The van der Waals surface area contributed by atoms with E-state index in [0.717, 1.165) is 12.4 Å². The number of nitrogens with zero attached hydrogens (tertiary/aromatic N) is 4. The molecule has 0 aromatic carbocycles. The highest BCUT2D eigenvalue weighted by molar-refractivity contribution is 6.24. The van der Waals surface area contributed by atoms with Crippen LogP contribution in [0.3, 0.4) is 0 Å². The van der Waals surface area contributed by atoms with Crippen molar-refractivity contribution in [2.75, 3.05) is 11.4 Å². The van der Waals surface area contributed by atoms with E-state index in [1.54, 1.807) is 0 Å². The highest BCUT2D eigenvalue weighted by atomic mass is 35.5. The van der Waals surface area contributed by atoms with Crippen LogP contribution in [-0.4, -0.2) is 32.7 Å². The highest BCUT2D eigenvalue weighted by Gasteiger charge is 2.31. The molecule has 2 heterocycles. The molecule has 0 bridgehead atoms.